The van der Waals surface area contributed by atoms with Crippen molar-refractivity contribution in [1.29, 1.82) is 0 Å². The lowest BCUT2D eigenvalue weighted by atomic mass is 10.0. The fourth-order valence-corrected chi connectivity index (χ4v) is 3.96. The van der Waals surface area contributed by atoms with E-state index in [1.165, 1.54) is 0 Å². The Balaban J connectivity index is 1.69. The summed E-state index contributed by atoms with van der Waals surface area (Å²) in [4.78, 5) is 15.2. The van der Waals surface area contributed by atoms with E-state index in [9.17, 15) is 4.79 Å². The molecule has 1 fully saturated rings. The van der Waals surface area contributed by atoms with Crippen LogP contribution in [0.3, 0.4) is 0 Å². The number of ether oxygens (including phenoxy) is 1. The topological polar surface area (TPSA) is 41.6 Å². The van der Waals surface area contributed by atoms with Gasteiger partial charge >= 0.3 is 0 Å². The van der Waals surface area contributed by atoms with E-state index < -0.39 is 0 Å². The van der Waals surface area contributed by atoms with E-state index in [2.05, 4.69) is 10.2 Å². The largest absolute Gasteiger partial charge is 0.497 e. The Morgan fingerprint density at radius 3 is 2.44 bits per heavy atom. The number of carbonyl (C=O) groups is 1. The predicted molar refractivity (Wildman–Crippen MR) is 103 cm³/mol. The second-order valence-corrected chi connectivity index (χ2v) is 7.25. The molecule has 1 heterocycles. The van der Waals surface area contributed by atoms with Crippen molar-refractivity contribution in [2.75, 3.05) is 31.7 Å². The van der Waals surface area contributed by atoms with Crippen molar-refractivity contribution in [3.63, 3.8) is 0 Å². The lowest BCUT2D eigenvalue weighted by Gasteiger charge is -2.33. The Hall–Kier alpha value is -1.98. The number of nitrogens with one attached hydrogen (secondary N) is 1. The third kappa shape index (κ3) is 4.77. The van der Waals surface area contributed by atoms with Crippen LogP contribution < -0.4 is 10.1 Å². The Labute approximate surface area is 153 Å². The van der Waals surface area contributed by atoms with Gasteiger partial charge in [0, 0.05) is 31.1 Å². The highest BCUT2D eigenvalue weighted by Gasteiger charge is 2.28. The Bertz CT molecular complexity index is 670. The summed E-state index contributed by atoms with van der Waals surface area (Å²) in [5.74, 6) is 3.04. The number of thioether (sulfide) groups is 1. The van der Waals surface area contributed by atoms with Gasteiger partial charge in [0.2, 0.25) is 5.91 Å². The van der Waals surface area contributed by atoms with Crippen LogP contribution in [-0.4, -0.2) is 42.5 Å². The fourth-order valence-electron chi connectivity index (χ4n) is 3.03. The molecule has 1 saturated heterocycles. The van der Waals surface area contributed by atoms with Gasteiger partial charge in [0.25, 0.3) is 0 Å². The molecule has 1 amide bonds. The molecule has 5 heteroatoms. The molecule has 0 aliphatic carbocycles. The number of rotatable bonds is 6. The van der Waals surface area contributed by atoms with Crippen molar-refractivity contribution in [2.24, 2.45) is 0 Å². The van der Waals surface area contributed by atoms with E-state index in [0.717, 1.165) is 41.5 Å². The molecule has 132 valence electrons. The van der Waals surface area contributed by atoms with Gasteiger partial charge in [-0.2, -0.15) is 11.8 Å². The van der Waals surface area contributed by atoms with Crippen LogP contribution in [0.25, 0.3) is 0 Å². The predicted octanol–water partition coefficient (Wildman–Crippen LogP) is 3.10. The molecular formula is C20H24N2O2S. The van der Waals surface area contributed by atoms with Crippen molar-refractivity contribution in [3.8, 4) is 5.75 Å². The maximum atomic E-state index is 13.0. The SMILES string of the molecule is COc1ccc(CNC(=O)[C@@H](c2ccccc2)N2CCSCC2)cc1. The van der Waals surface area contributed by atoms with Crippen LogP contribution in [0.1, 0.15) is 17.2 Å². The molecule has 25 heavy (non-hydrogen) atoms. The molecule has 0 spiro atoms. The molecule has 1 aliphatic rings. The highest BCUT2D eigenvalue weighted by molar-refractivity contribution is 7.99. The summed E-state index contributed by atoms with van der Waals surface area (Å²) in [5, 5.41) is 3.10. The van der Waals surface area contributed by atoms with Crippen molar-refractivity contribution < 1.29 is 9.53 Å². The standard InChI is InChI=1S/C20H24N2O2S/c1-24-18-9-7-16(8-10-18)15-21-20(23)19(17-5-3-2-4-6-17)22-11-13-25-14-12-22/h2-10,19H,11-15H2,1H3,(H,21,23)/t19-/m1/s1. The number of benzene rings is 2. The Morgan fingerprint density at radius 2 is 1.80 bits per heavy atom. The van der Waals surface area contributed by atoms with Gasteiger partial charge < -0.3 is 10.1 Å². The lowest BCUT2D eigenvalue weighted by molar-refractivity contribution is -0.126. The van der Waals surface area contributed by atoms with Crippen LogP contribution in [0.2, 0.25) is 0 Å². The average Bonchev–Trinajstić information content (AvgIpc) is 2.69. The molecule has 3 rings (SSSR count). The van der Waals surface area contributed by atoms with Crippen molar-refractivity contribution >= 4 is 17.7 Å². The molecule has 0 saturated carbocycles. The monoisotopic (exact) mass is 356 g/mol. The minimum atomic E-state index is -0.222. The normalized spacial score (nSPS) is 16.2. The van der Waals surface area contributed by atoms with Crippen molar-refractivity contribution in [1.82, 2.24) is 10.2 Å². The first-order valence-electron chi connectivity index (χ1n) is 8.55. The first-order chi connectivity index (χ1) is 12.3. The van der Waals surface area contributed by atoms with E-state index in [1.807, 2.05) is 66.4 Å². The number of methoxy groups -OCH3 is 1. The highest BCUT2D eigenvalue weighted by Crippen LogP contribution is 2.24. The first kappa shape index (κ1) is 17.8. The number of nitrogens with zero attached hydrogens (tertiary/aromatic N) is 1. The van der Waals surface area contributed by atoms with E-state index >= 15 is 0 Å². The summed E-state index contributed by atoms with van der Waals surface area (Å²) in [6.07, 6.45) is 0. The fraction of sp³-hybridized carbons (Fsp3) is 0.350. The minimum Gasteiger partial charge on any atom is -0.497 e. The zero-order valence-corrected chi connectivity index (χ0v) is 15.3. The smallest absolute Gasteiger partial charge is 0.242 e. The van der Waals surface area contributed by atoms with Gasteiger partial charge in [-0.05, 0) is 23.3 Å². The third-order valence-electron chi connectivity index (χ3n) is 4.40. The molecule has 0 unspecified atom stereocenters. The summed E-state index contributed by atoms with van der Waals surface area (Å²) in [5.41, 5.74) is 2.12. The zero-order chi connectivity index (χ0) is 17.5. The number of carbonyl (C=O) groups excluding carboxylic acids is 1. The number of hydrogen-bond acceptors (Lipinski definition) is 4. The van der Waals surface area contributed by atoms with Crippen LogP contribution >= 0.6 is 11.8 Å². The van der Waals surface area contributed by atoms with Crippen LogP contribution in [0.4, 0.5) is 0 Å². The molecule has 1 N–H and O–H groups in total. The lowest BCUT2D eigenvalue weighted by Crippen LogP contribution is -2.44. The summed E-state index contributed by atoms with van der Waals surface area (Å²) in [6.45, 7) is 2.41. The molecular weight excluding hydrogens is 332 g/mol. The average molecular weight is 356 g/mol. The van der Waals surface area contributed by atoms with Gasteiger partial charge in [-0.1, -0.05) is 42.5 Å². The van der Waals surface area contributed by atoms with Gasteiger partial charge in [0.1, 0.15) is 11.8 Å². The van der Waals surface area contributed by atoms with E-state index in [1.54, 1.807) is 7.11 Å². The highest BCUT2D eigenvalue weighted by atomic mass is 32.2. The minimum absolute atomic E-state index is 0.0638. The van der Waals surface area contributed by atoms with Gasteiger partial charge in [-0.15, -0.1) is 0 Å². The molecule has 4 nitrogen and oxygen atoms in total. The zero-order valence-electron chi connectivity index (χ0n) is 14.5. The molecule has 2 aromatic carbocycles. The molecule has 2 aromatic rings. The van der Waals surface area contributed by atoms with Crippen LogP contribution in [0.15, 0.2) is 54.6 Å². The molecule has 0 radical (unpaired) electrons. The summed E-state index contributed by atoms with van der Waals surface area (Å²) < 4.78 is 5.17. The second kappa shape index (κ2) is 8.92. The molecule has 1 atom stereocenters. The Morgan fingerprint density at radius 1 is 1.12 bits per heavy atom. The van der Waals surface area contributed by atoms with E-state index in [0.29, 0.717) is 6.54 Å². The quantitative estimate of drug-likeness (QED) is 0.864. The summed E-state index contributed by atoms with van der Waals surface area (Å²) in [7, 11) is 1.65. The second-order valence-electron chi connectivity index (χ2n) is 6.03. The van der Waals surface area contributed by atoms with E-state index in [-0.39, 0.29) is 11.9 Å². The molecule has 1 aliphatic heterocycles. The maximum absolute atomic E-state index is 13.0. The van der Waals surface area contributed by atoms with E-state index in [4.69, 9.17) is 4.74 Å². The van der Waals surface area contributed by atoms with Crippen LogP contribution in [0.5, 0.6) is 5.75 Å². The molecule has 0 bridgehead atoms. The summed E-state index contributed by atoms with van der Waals surface area (Å²) in [6, 6.07) is 17.6. The first-order valence-corrected chi connectivity index (χ1v) is 9.71. The van der Waals surface area contributed by atoms with Crippen LogP contribution in [0, 0.1) is 0 Å². The Kier molecular flexibility index (Phi) is 6.36. The van der Waals surface area contributed by atoms with Crippen molar-refractivity contribution in [3.05, 3.63) is 65.7 Å². The number of hydrogen-bond donors (Lipinski definition) is 1. The van der Waals surface area contributed by atoms with Gasteiger partial charge in [0.05, 0.1) is 7.11 Å². The number of amides is 1. The third-order valence-corrected chi connectivity index (χ3v) is 5.34. The van der Waals surface area contributed by atoms with Gasteiger partial charge in [-0.3, -0.25) is 9.69 Å². The summed E-state index contributed by atoms with van der Waals surface area (Å²) >= 11 is 1.95. The maximum Gasteiger partial charge on any atom is 0.242 e. The van der Waals surface area contributed by atoms with Crippen LogP contribution in [-0.2, 0) is 11.3 Å². The van der Waals surface area contributed by atoms with Gasteiger partial charge in [0.15, 0.2) is 0 Å². The van der Waals surface area contributed by atoms with Gasteiger partial charge in [-0.25, -0.2) is 0 Å². The van der Waals surface area contributed by atoms with Crippen molar-refractivity contribution in [2.45, 2.75) is 12.6 Å². The molecule has 0 aromatic heterocycles.